The molecule has 0 radical (unpaired) electrons. The highest BCUT2D eigenvalue weighted by molar-refractivity contribution is 6.37. The van der Waals surface area contributed by atoms with E-state index in [1.54, 1.807) is 18.2 Å². The van der Waals surface area contributed by atoms with Crippen LogP contribution in [0, 0.1) is 0 Å². The maximum atomic E-state index is 9.39. The minimum Gasteiger partial charge on any atom is -0.489 e. The van der Waals surface area contributed by atoms with Crippen LogP contribution in [0.15, 0.2) is 18.2 Å². The van der Waals surface area contributed by atoms with Gasteiger partial charge in [-0.2, -0.15) is 0 Å². The first-order valence-corrected chi connectivity index (χ1v) is 8.01. The highest BCUT2D eigenvalue weighted by Gasteiger charge is 2.17. The van der Waals surface area contributed by atoms with Crippen molar-refractivity contribution in [2.75, 3.05) is 45.9 Å². The second kappa shape index (κ2) is 8.20. The molecule has 0 bridgehead atoms. The summed E-state index contributed by atoms with van der Waals surface area (Å²) in [5.41, 5.74) is 0. The molecule has 1 saturated heterocycles. The van der Waals surface area contributed by atoms with E-state index in [1.165, 1.54) is 0 Å². The summed E-state index contributed by atoms with van der Waals surface area (Å²) in [5, 5.41) is 10.5. The predicted molar refractivity (Wildman–Crippen MR) is 86.5 cm³/mol. The first kappa shape index (κ1) is 16.8. The van der Waals surface area contributed by atoms with Crippen LogP contribution in [0.5, 0.6) is 5.75 Å². The Labute approximate surface area is 136 Å². The molecule has 1 aromatic carbocycles. The Morgan fingerprint density at radius 3 is 2.29 bits per heavy atom. The normalized spacial score (nSPS) is 18.7. The number of aliphatic hydroxyl groups is 1. The standard InChI is InChI=1S/C15H22Cl2N2O2/c1-12(20)11-19-7-5-18(6-8-19)9-10-21-15-13(16)3-2-4-14(15)17/h2-4,12,20H,5-11H2,1H3/t12-/m0/s1. The van der Waals surface area contributed by atoms with Gasteiger partial charge in [0.15, 0.2) is 5.75 Å². The van der Waals surface area contributed by atoms with Gasteiger partial charge in [0.1, 0.15) is 6.61 Å². The van der Waals surface area contributed by atoms with E-state index < -0.39 is 0 Å². The number of piperazine rings is 1. The van der Waals surface area contributed by atoms with E-state index in [9.17, 15) is 5.11 Å². The summed E-state index contributed by atoms with van der Waals surface area (Å²) < 4.78 is 5.70. The smallest absolute Gasteiger partial charge is 0.156 e. The minimum atomic E-state index is -0.262. The van der Waals surface area contributed by atoms with E-state index in [4.69, 9.17) is 27.9 Å². The zero-order chi connectivity index (χ0) is 15.2. The van der Waals surface area contributed by atoms with Crippen molar-refractivity contribution in [3.63, 3.8) is 0 Å². The van der Waals surface area contributed by atoms with Gasteiger partial charge in [-0.25, -0.2) is 0 Å². The number of nitrogens with zero attached hydrogens (tertiary/aromatic N) is 2. The van der Waals surface area contributed by atoms with Gasteiger partial charge in [0.25, 0.3) is 0 Å². The van der Waals surface area contributed by atoms with Crippen LogP contribution in [0.25, 0.3) is 0 Å². The number of para-hydroxylation sites is 1. The molecule has 0 unspecified atom stereocenters. The van der Waals surface area contributed by atoms with Gasteiger partial charge in [0, 0.05) is 39.3 Å². The van der Waals surface area contributed by atoms with Gasteiger partial charge in [-0.15, -0.1) is 0 Å². The fourth-order valence-electron chi connectivity index (χ4n) is 2.47. The monoisotopic (exact) mass is 332 g/mol. The number of hydrogen-bond acceptors (Lipinski definition) is 4. The Morgan fingerprint density at radius 1 is 1.14 bits per heavy atom. The summed E-state index contributed by atoms with van der Waals surface area (Å²) in [7, 11) is 0. The van der Waals surface area contributed by atoms with Crippen LogP contribution >= 0.6 is 23.2 Å². The summed E-state index contributed by atoms with van der Waals surface area (Å²) in [6.45, 7) is 7.95. The van der Waals surface area contributed by atoms with Crippen molar-refractivity contribution in [2.24, 2.45) is 0 Å². The largest absolute Gasteiger partial charge is 0.489 e. The number of hydrogen-bond donors (Lipinski definition) is 1. The van der Waals surface area contributed by atoms with Gasteiger partial charge in [-0.3, -0.25) is 9.80 Å². The van der Waals surface area contributed by atoms with Gasteiger partial charge in [-0.1, -0.05) is 29.3 Å². The average Bonchev–Trinajstić information content (AvgIpc) is 2.43. The lowest BCUT2D eigenvalue weighted by Crippen LogP contribution is -2.49. The lowest BCUT2D eigenvalue weighted by atomic mass is 10.3. The third-order valence-corrected chi connectivity index (χ3v) is 4.16. The molecule has 1 fully saturated rings. The topological polar surface area (TPSA) is 35.9 Å². The summed E-state index contributed by atoms with van der Waals surface area (Å²) in [6, 6.07) is 5.36. The van der Waals surface area contributed by atoms with Crippen molar-refractivity contribution in [3.8, 4) is 5.75 Å². The Balaban J connectivity index is 1.71. The molecule has 0 saturated carbocycles. The SMILES string of the molecule is C[C@H](O)CN1CCN(CCOc2c(Cl)cccc2Cl)CC1. The van der Waals surface area contributed by atoms with E-state index >= 15 is 0 Å². The molecule has 1 aliphatic rings. The second-order valence-electron chi connectivity index (χ2n) is 5.39. The van der Waals surface area contributed by atoms with E-state index in [2.05, 4.69) is 9.80 Å². The van der Waals surface area contributed by atoms with Crippen LogP contribution in [0.2, 0.25) is 10.0 Å². The van der Waals surface area contributed by atoms with E-state index in [-0.39, 0.29) is 6.10 Å². The van der Waals surface area contributed by atoms with E-state index in [0.717, 1.165) is 39.3 Å². The molecule has 1 aromatic rings. The Morgan fingerprint density at radius 2 is 1.71 bits per heavy atom. The molecular formula is C15H22Cl2N2O2. The van der Waals surface area contributed by atoms with Crippen molar-refractivity contribution in [2.45, 2.75) is 13.0 Å². The molecule has 21 heavy (non-hydrogen) atoms. The van der Waals surface area contributed by atoms with Crippen LogP contribution in [-0.2, 0) is 0 Å². The van der Waals surface area contributed by atoms with Crippen molar-refractivity contribution in [3.05, 3.63) is 28.2 Å². The molecule has 2 rings (SSSR count). The predicted octanol–water partition coefficient (Wildman–Crippen LogP) is 2.37. The third-order valence-electron chi connectivity index (χ3n) is 3.56. The van der Waals surface area contributed by atoms with Gasteiger partial charge in [0.05, 0.1) is 16.1 Å². The Bertz CT molecular complexity index is 429. The first-order chi connectivity index (χ1) is 10.1. The molecule has 0 spiro atoms. The fraction of sp³-hybridized carbons (Fsp3) is 0.600. The molecule has 0 amide bonds. The maximum absolute atomic E-state index is 9.39. The van der Waals surface area contributed by atoms with E-state index in [1.807, 2.05) is 6.92 Å². The molecule has 0 aromatic heterocycles. The maximum Gasteiger partial charge on any atom is 0.156 e. The Kier molecular flexibility index (Phi) is 6.58. The van der Waals surface area contributed by atoms with Crippen LogP contribution in [-0.4, -0.2) is 66.9 Å². The second-order valence-corrected chi connectivity index (χ2v) is 6.20. The van der Waals surface area contributed by atoms with Crippen molar-refractivity contribution in [1.82, 2.24) is 9.80 Å². The number of aliphatic hydroxyl groups excluding tert-OH is 1. The van der Waals surface area contributed by atoms with Crippen LogP contribution in [0.1, 0.15) is 6.92 Å². The number of ether oxygens (including phenoxy) is 1. The molecule has 4 nitrogen and oxygen atoms in total. The summed E-state index contributed by atoms with van der Waals surface area (Å²) in [6.07, 6.45) is -0.262. The number of benzene rings is 1. The lowest BCUT2D eigenvalue weighted by Gasteiger charge is -2.35. The minimum absolute atomic E-state index is 0.262. The molecule has 118 valence electrons. The van der Waals surface area contributed by atoms with Crippen molar-refractivity contribution < 1.29 is 9.84 Å². The molecule has 1 N–H and O–H groups in total. The Hall–Kier alpha value is -0.520. The lowest BCUT2D eigenvalue weighted by molar-refractivity contribution is 0.0750. The first-order valence-electron chi connectivity index (χ1n) is 7.26. The van der Waals surface area contributed by atoms with Gasteiger partial charge in [0.2, 0.25) is 0 Å². The van der Waals surface area contributed by atoms with Crippen LogP contribution in [0.4, 0.5) is 0 Å². The molecule has 1 atom stereocenters. The average molecular weight is 333 g/mol. The zero-order valence-corrected chi connectivity index (χ0v) is 13.8. The highest BCUT2D eigenvalue weighted by Crippen LogP contribution is 2.32. The van der Waals surface area contributed by atoms with E-state index in [0.29, 0.717) is 22.4 Å². The van der Waals surface area contributed by atoms with Crippen molar-refractivity contribution in [1.29, 1.82) is 0 Å². The highest BCUT2D eigenvalue weighted by atomic mass is 35.5. The molecule has 6 heteroatoms. The summed E-state index contributed by atoms with van der Waals surface area (Å²) in [5.74, 6) is 0.563. The number of rotatable bonds is 6. The van der Waals surface area contributed by atoms with Crippen LogP contribution in [0.3, 0.4) is 0 Å². The van der Waals surface area contributed by atoms with Crippen LogP contribution < -0.4 is 4.74 Å². The molecule has 1 heterocycles. The quantitative estimate of drug-likeness (QED) is 0.867. The van der Waals surface area contributed by atoms with Gasteiger partial charge >= 0.3 is 0 Å². The third kappa shape index (κ3) is 5.31. The molecular weight excluding hydrogens is 311 g/mol. The fourth-order valence-corrected chi connectivity index (χ4v) is 2.97. The molecule has 0 aliphatic carbocycles. The number of β-amino-alcohol motifs (C(OH)–C–C–N with tert-alkyl or cyclic N) is 1. The summed E-state index contributed by atoms with van der Waals surface area (Å²) in [4.78, 5) is 4.64. The molecule has 1 aliphatic heterocycles. The zero-order valence-electron chi connectivity index (χ0n) is 12.3. The van der Waals surface area contributed by atoms with Crippen molar-refractivity contribution >= 4 is 23.2 Å². The number of halogens is 2. The summed E-state index contributed by atoms with van der Waals surface area (Å²) >= 11 is 12.1. The van der Waals surface area contributed by atoms with Gasteiger partial charge in [-0.05, 0) is 19.1 Å². The van der Waals surface area contributed by atoms with Gasteiger partial charge < -0.3 is 9.84 Å².